The molecule has 2 nitrogen and oxygen atoms in total. The van der Waals surface area contributed by atoms with Crippen molar-refractivity contribution in [1.29, 1.82) is 0 Å². The number of benzene rings is 2. The summed E-state index contributed by atoms with van der Waals surface area (Å²) in [6, 6.07) is 14.2. The highest BCUT2D eigenvalue weighted by Gasteiger charge is 2.29. The molecule has 0 N–H and O–H groups in total. The van der Waals surface area contributed by atoms with E-state index in [4.69, 9.17) is 0 Å². The van der Waals surface area contributed by atoms with E-state index in [9.17, 15) is 4.39 Å². The van der Waals surface area contributed by atoms with Crippen LogP contribution in [0.2, 0.25) is 0 Å². The van der Waals surface area contributed by atoms with Crippen LogP contribution in [0.25, 0.3) is 0 Å². The van der Waals surface area contributed by atoms with E-state index >= 15 is 0 Å². The van der Waals surface area contributed by atoms with Crippen molar-refractivity contribution in [3.63, 3.8) is 0 Å². The van der Waals surface area contributed by atoms with Crippen molar-refractivity contribution in [2.24, 2.45) is 0 Å². The first-order valence-electron chi connectivity index (χ1n) is 8.18. The van der Waals surface area contributed by atoms with E-state index in [1.165, 1.54) is 16.0 Å². The first kappa shape index (κ1) is 15.2. The SMILES string of the molecule is CN1CCN(C2Cc3ccccc3Sc3cc(F)ccc32)CC1. The normalized spacial score (nSPS) is 22.3. The molecule has 0 aliphatic carbocycles. The molecule has 1 unspecified atom stereocenters. The highest BCUT2D eigenvalue weighted by Crippen LogP contribution is 2.43. The Balaban J connectivity index is 1.75. The third kappa shape index (κ3) is 3.03. The Kier molecular flexibility index (Phi) is 4.14. The molecular weight excluding hydrogens is 307 g/mol. The number of piperazine rings is 1. The largest absolute Gasteiger partial charge is 0.304 e. The van der Waals surface area contributed by atoms with Crippen molar-refractivity contribution in [1.82, 2.24) is 9.80 Å². The van der Waals surface area contributed by atoms with Gasteiger partial charge in [-0.05, 0) is 42.8 Å². The van der Waals surface area contributed by atoms with E-state index in [1.807, 2.05) is 6.07 Å². The highest BCUT2D eigenvalue weighted by atomic mass is 32.2. The smallest absolute Gasteiger partial charge is 0.124 e. The molecule has 0 saturated carbocycles. The summed E-state index contributed by atoms with van der Waals surface area (Å²) in [5, 5.41) is 0. The van der Waals surface area contributed by atoms with Crippen molar-refractivity contribution < 1.29 is 4.39 Å². The van der Waals surface area contributed by atoms with E-state index in [-0.39, 0.29) is 5.82 Å². The number of hydrogen-bond acceptors (Lipinski definition) is 3. The lowest BCUT2D eigenvalue weighted by Crippen LogP contribution is -2.46. The third-order valence-corrected chi connectivity index (χ3v) is 6.11. The topological polar surface area (TPSA) is 6.48 Å². The minimum atomic E-state index is -0.146. The second kappa shape index (κ2) is 6.27. The second-order valence-corrected chi connectivity index (χ2v) is 7.53. The molecule has 2 heterocycles. The molecule has 0 spiro atoms. The molecule has 0 radical (unpaired) electrons. The molecule has 1 saturated heterocycles. The molecule has 0 bridgehead atoms. The number of fused-ring (bicyclic) bond motifs is 2. The Labute approximate surface area is 141 Å². The third-order valence-electron chi connectivity index (χ3n) is 4.92. The van der Waals surface area contributed by atoms with Gasteiger partial charge in [0, 0.05) is 42.0 Å². The maximum Gasteiger partial charge on any atom is 0.124 e. The Morgan fingerprint density at radius 1 is 1.00 bits per heavy atom. The zero-order chi connectivity index (χ0) is 15.8. The number of rotatable bonds is 1. The first-order chi connectivity index (χ1) is 11.2. The van der Waals surface area contributed by atoms with Gasteiger partial charge in [-0.15, -0.1) is 0 Å². The fourth-order valence-electron chi connectivity index (χ4n) is 3.54. The molecule has 4 rings (SSSR count). The van der Waals surface area contributed by atoms with E-state index in [0.717, 1.165) is 37.5 Å². The molecule has 2 aliphatic heterocycles. The minimum absolute atomic E-state index is 0.146. The summed E-state index contributed by atoms with van der Waals surface area (Å²) in [4.78, 5) is 7.27. The van der Waals surface area contributed by atoms with Gasteiger partial charge in [0.25, 0.3) is 0 Å². The van der Waals surface area contributed by atoms with Gasteiger partial charge in [-0.25, -0.2) is 4.39 Å². The van der Waals surface area contributed by atoms with Gasteiger partial charge in [0.05, 0.1) is 0 Å². The van der Waals surface area contributed by atoms with Crippen LogP contribution >= 0.6 is 11.8 Å². The van der Waals surface area contributed by atoms with Crippen LogP contribution < -0.4 is 0 Å². The molecule has 120 valence electrons. The summed E-state index contributed by atoms with van der Waals surface area (Å²) in [6.07, 6.45) is 1.01. The molecular formula is C19H21FN2S. The van der Waals surface area contributed by atoms with Gasteiger partial charge >= 0.3 is 0 Å². The maximum absolute atomic E-state index is 13.8. The number of halogens is 1. The van der Waals surface area contributed by atoms with E-state index in [2.05, 4.69) is 41.1 Å². The van der Waals surface area contributed by atoms with Crippen molar-refractivity contribution in [3.8, 4) is 0 Å². The molecule has 2 aromatic carbocycles. The lowest BCUT2D eigenvalue weighted by molar-refractivity contribution is 0.110. The van der Waals surface area contributed by atoms with Crippen molar-refractivity contribution >= 4 is 11.8 Å². The molecule has 4 heteroatoms. The van der Waals surface area contributed by atoms with Gasteiger partial charge in [-0.2, -0.15) is 0 Å². The maximum atomic E-state index is 13.8. The molecule has 0 aromatic heterocycles. The molecule has 0 amide bonds. The zero-order valence-corrected chi connectivity index (χ0v) is 14.2. The van der Waals surface area contributed by atoms with Crippen LogP contribution in [-0.2, 0) is 6.42 Å². The van der Waals surface area contributed by atoms with Gasteiger partial charge in [0.1, 0.15) is 5.82 Å². The Hall–Kier alpha value is -1.36. The van der Waals surface area contributed by atoms with Crippen LogP contribution in [0.3, 0.4) is 0 Å². The zero-order valence-electron chi connectivity index (χ0n) is 13.3. The van der Waals surface area contributed by atoms with Crippen LogP contribution in [0.15, 0.2) is 52.3 Å². The molecule has 23 heavy (non-hydrogen) atoms. The van der Waals surface area contributed by atoms with E-state index < -0.39 is 0 Å². The van der Waals surface area contributed by atoms with Crippen LogP contribution in [-0.4, -0.2) is 43.0 Å². The first-order valence-corrected chi connectivity index (χ1v) is 9.00. The fraction of sp³-hybridized carbons (Fsp3) is 0.368. The quantitative estimate of drug-likeness (QED) is 0.786. The van der Waals surface area contributed by atoms with Crippen LogP contribution in [0.4, 0.5) is 4.39 Å². The predicted octanol–water partition coefficient (Wildman–Crippen LogP) is 3.82. The van der Waals surface area contributed by atoms with Crippen LogP contribution in [0, 0.1) is 5.82 Å². The molecule has 1 fully saturated rings. The average molecular weight is 328 g/mol. The second-order valence-electron chi connectivity index (χ2n) is 6.45. The van der Waals surface area contributed by atoms with Gasteiger partial charge in [-0.1, -0.05) is 36.0 Å². The summed E-state index contributed by atoms with van der Waals surface area (Å²) < 4.78 is 13.8. The summed E-state index contributed by atoms with van der Waals surface area (Å²) in [5.74, 6) is -0.146. The number of hydrogen-bond donors (Lipinski definition) is 0. The van der Waals surface area contributed by atoms with Crippen molar-refractivity contribution in [3.05, 3.63) is 59.4 Å². The molecule has 2 aliphatic rings. The number of nitrogens with zero attached hydrogens (tertiary/aromatic N) is 2. The Morgan fingerprint density at radius 3 is 2.61 bits per heavy atom. The summed E-state index contributed by atoms with van der Waals surface area (Å²) in [7, 11) is 2.18. The summed E-state index contributed by atoms with van der Waals surface area (Å²) in [6.45, 7) is 4.35. The lowest BCUT2D eigenvalue weighted by Gasteiger charge is -2.38. The van der Waals surface area contributed by atoms with Gasteiger partial charge in [-0.3, -0.25) is 4.90 Å². The van der Waals surface area contributed by atoms with Gasteiger partial charge in [0.15, 0.2) is 0 Å². The lowest BCUT2D eigenvalue weighted by atomic mass is 9.96. The highest BCUT2D eigenvalue weighted by molar-refractivity contribution is 7.99. The monoisotopic (exact) mass is 328 g/mol. The van der Waals surface area contributed by atoms with Crippen LogP contribution in [0.5, 0.6) is 0 Å². The Morgan fingerprint density at radius 2 is 1.78 bits per heavy atom. The van der Waals surface area contributed by atoms with E-state index in [0.29, 0.717) is 6.04 Å². The molecule has 2 aromatic rings. The molecule has 1 atom stereocenters. The van der Waals surface area contributed by atoms with Crippen molar-refractivity contribution in [2.75, 3.05) is 33.2 Å². The minimum Gasteiger partial charge on any atom is -0.304 e. The van der Waals surface area contributed by atoms with Crippen molar-refractivity contribution in [2.45, 2.75) is 22.3 Å². The standard InChI is InChI=1S/C19H21FN2S/c1-21-8-10-22(11-9-21)17-12-14-4-2-3-5-18(14)23-19-13-15(20)6-7-16(17)19/h2-7,13,17H,8-12H2,1H3. The predicted molar refractivity (Wildman–Crippen MR) is 92.5 cm³/mol. The average Bonchev–Trinajstić information content (AvgIpc) is 2.71. The van der Waals surface area contributed by atoms with E-state index in [1.54, 1.807) is 23.9 Å². The van der Waals surface area contributed by atoms with Gasteiger partial charge < -0.3 is 4.90 Å². The Bertz CT molecular complexity index is 710. The number of likely N-dealkylation sites (N-methyl/N-ethyl adjacent to an activating group) is 1. The fourth-order valence-corrected chi connectivity index (χ4v) is 4.70. The van der Waals surface area contributed by atoms with Gasteiger partial charge in [0.2, 0.25) is 0 Å². The van der Waals surface area contributed by atoms with Crippen LogP contribution in [0.1, 0.15) is 17.2 Å². The summed E-state index contributed by atoms with van der Waals surface area (Å²) >= 11 is 1.71. The summed E-state index contributed by atoms with van der Waals surface area (Å²) in [5.41, 5.74) is 2.65.